The molecule has 0 spiro atoms. The molecule has 3 N–H and O–H groups in total. The second-order valence-corrected chi connectivity index (χ2v) is 15.4. The smallest absolute Gasteiger partial charge is 0.262 e. The van der Waals surface area contributed by atoms with Gasteiger partial charge in [-0.05, 0) is 67.4 Å². The molecule has 16 heteroatoms. The van der Waals surface area contributed by atoms with Crippen molar-refractivity contribution in [2.75, 3.05) is 49.9 Å². The quantitative estimate of drug-likeness (QED) is 0.221. The number of benzene rings is 3. The largest absolute Gasteiger partial charge is 0.457 e. The molecule has 10 rings (SSSR count). The number of fused-ring (bicyclic) bond motifs is 2. The lowest BCUT2D eigenvalue weighted by atomic mass is 9.94. The number of nitrogens with two attached hydrogens (primary N) is 1. The second-order valence-electron chi connectivity index (χ2n) is 15.4. The number of piperidine rings is 2. The maximum absolute atomic E-state index is 16.2. The lowest BCUT2D eigenvalue weighted by molar-refractivity contribution is -0.136. The Kier molecular flexibility index (Phi) is 8.48. The number of hydrogen-bond acceptors (Lipinski definition) is 12. The van der Waals surface area contributed by atoms with Crippen molar-refractivity contribution in [2.24, 2.45) is 0 Å². The van der Waals surface area contributed by atoms with Crippen molar-refractivity contribution in [3.05, 3.63) is 90.3 Å². The Labute approximate surface area is 326 Å². The minimum Gasteiger partial charge on any atom is -0.457 e. The molecule has 1 unspecified atom stereocenters. The van der Waals surface area contributed by atoms with Crippen molar-refractivity contribution >= 4 is 46.2 Å². The van der Waals surface area contributed by atoms with Crippen LogP contribution < -0.4 is 20.7 Å². The van der Waals surface area contributed by atoms with E-state index in [-0.39, 0.29) is 30.0 Å². The minimum absolute atomic E-state index is 0.0763. The number of alkyl halides is 1. The van der Waals surface area contributed by atoms with E-state index in [4.69, 9.17) is 15.6 Å². The molecule has 7 heterocycles. The van der Waals surface area contributed by atoms with Gasteiger partial charge in [-0.2, -0.15) is 5.10 Å². The summed E-state index contributed by atoms with van der Waals surface area (Å²) in [5.74, 6) is -0.353. The lowest BCUT2D eigenvalue weighted by Crippen LogP contribution is -2.70. The Morgan fingerprint density at radius 2 is 1.53 bits per heavy atom. The van der Waals surface area contributed by atoms with E-state index < -0.39 is 41.9 Å². The van der Waals surface area contributed by atoms with Gasteiger partial charge in [0.05, 0.1) is 22.6 Å². The van der Waals surface area contributed by atoms with E-state index in [9.17, 15) is 19.2 Å². The Bertz CT molecular complexity index is 2430. The van der Waals surface area contributed by atoms with E-state index in [1.807, 2.05) is 60.7 Å². The molecule has 15 nitrogen and oxygen atoms in total. The van der Waals surface area contributed by atoms with Crippen molar-refractivity contribution in [3.63, 3.8) is 0 Å². The number of halogens is 1. The normalized spacial score (nSPS) is 23.4. The molecule has 4 amide bonds. The van der Waals surface area contributed by atoms with Crippen LogP contribution >= 0.6 is 0 Å². The van der Waals surface area contributed by atoms with Crippen molar-refractivity contribution in [3.8, 4) is 22.8 Å². The van der Waals surface area contributed by atoms with Crippen LogP contribution in [0.5, 0.6) is 11.5 Å². The van der Waals surface area contributed by atoms with Crippen LogP contribution in [-0.2, 0) is 9.59 Å². The first kappa shape index (κ1) is 35.2. The third-order valence-corrected chi connectivity index (χ3v) is 12.1. The number of nitrogen functional groups attached to an aromatic ring is 1. The summed E-state index contributed by atoms with van der Waals surface area (Å²) in [7, 11) is 0. The minimum atomic E-state index is -1.17. The van der Waals surface area contributed by atoms with Crippen LogP contribution in [0.3, 0.4) is 0 Å². The molecular weight excluding hydrogens is 732 g/mol. The number of rotatable bonds is 8. The number of amides is 4. The fraction of sp³-hybridized carbons (Fsp3) is 0.341. The summed E-state index contributed by atoms with van der Waals surface area (Å²) in [5.41, 5.74) is 9.66. The predicted molar refractivity (Wildman–Crippen MR) is 206 cm³/mol. The van der Waals surface area contributed by atoms with Gasteiger partial charge < -0.3 is 15.4 Å². The second kappa shape index (κ2) is 13.7. The van der Waals surface area contributed by atoms with Gasteiger partial charge in [-0.25, -0.2) is 19.0 Å². The van der Waals surface area contributed by atoms with Gasteiger partial charge >= 0.3 is 0 Å². The van der Waals surface area contributed by atoms with Gasteiger partial charge in [0.2, 0.25) is 11.8 Å². The van der Waals surface area contributed by atoms with E-state index in [1.165, 1.54) is 6.33 Å². The van der Waals surface area contributed by atoms with Gasteiger partial charge in [0.1, 0.15) is 41.6 Å². The molecule has 290 valence electrons. The number of imide groups is 2. The topological polar surface area (TPSA) is 172 Å². The fourth-order valence-electron chi connectivity index (χ4n) is 8.83. The van der Waals surface area contributed by atoms with E-state index in [1.54, 1.807) is 16.8 Å². The molecule has 0 radical (unpaired) electrons. The molecular formula is C41H39FN10O5. The maximum atomic E-state index is 16.2. The fourth-order valence-corrected chi connectivity index (χ4v) is 8.83. The van der Waals surface area contributed by atoms with Crippen molar-refractivity contribution in [2.45, 2.75) is 49.6 Å². The molecule has 5 aromatic rings. The molecule has 3 aromatic carbocycles. The number of aromatic nitrogens is 4. The van der Waals surface area contributed by atoms with Crippen LogP contribution in [0.15, 0.2) is 79.1 Å². The third-order valence-electron chi connectivity index (χ3n) is 12.1. The SMILES string of the molecule is Nc1ncnc2c1c(-c1ccc(Oc3ccccc3)cc1)nn2[C@@H]1CCN(C2CN(C3CN(c4ccc5c(c4)C(=O)N(C4CCC(=O)NC4=O)C5=O)C3)C2)C[C@@H]1F. The number of para-hydroxylation sites is 1. The first-order chi connectivity index (χ1) is 27.7. The van der Waals surface area contributed by atoms with Gasteiger partial charge in [0.15, 0.2) is 5.65 Å². The first-order valence-corrected chi connectivity index (χ1v) is 19.2. The Hall–Kier alpha value is -6.26. The van der Waals surface area contributed by atoms with Crippen LogP contribution in [0, 0.1) is 0 Å². The Morgan fingerprint density at radius 3 is 2.28 bits per heavy atom. The zero-order valence-corrected chi connectivity index (χ0v) is 30.8. The molecule has 2 aromatic heterocycles. The van der Waals surface area contributed by atoms with Gasteiger partial charge in [-0.3, -0.25) is 39.2 Å². The molecule has 5 aliphatic rings. The number of likely N-dealkylation sites (tertiary alicyclic amines) is 2. The predicted octanol–water partition coefficient (Wildman–Crippen LogP) is 3.43. The van der Waals surface area contributed by atoms with Gasteiger partial charge in [-0.15, -0.1) is 0 Å². The number of nitrogens with one attached hydrogen (secondary N) is 1. The monoisotopic (exact) mass is 770 g/mol. The zero-order valence-electron chi connectivity index (χ0n) is 30.8. The highest BCUT2D eigenvalue weighted by molar-refractivity contribution is 6.23. The third kappa shape index (κ3) is 6.06. The van der Waals surface area contributed by atoms with Gasteiger partial charge in [-0.1, -0.05) is 18.2 Å². The Morgan fingerprint density at radius 1 is 0.789 bits per heavy atom. The maximum Gasteiger partial charge on any atom is 0.262 e. The summed E-state index contributed by atoms with van der Waals surface area (Å²) in [6.45, 7) is 4.23. The molecule has 57 heavy (non-hydrogen) atoms. The summed E-state index contributed by atoms with van der Waals surface area (Å²) in [6, 6.07) is 21.4. The molecule has 0 bridgehead atoms. The number of hydrogen-bond donors (Lipinski definition) is 2. The summed E-state index contributed by atoms with van der Waals surface area (Å²) in [4.78, 5) is 67.0. The van der Waals surface area contributed by atoms with Crippen molar-refractivity contribution < 1.29 is 28.3 Å². The van der Waals surface area contributed by atoms with E-state index >= 15 is 4.39 Å². The molecule has 4 fully saturated rings. The summed E-state index contributed by atoms with van der Waals surface area (Å²) in [6.07, 6.45) is 0.993. The number of anilines is 2. The van der Waals surface area contributed by atoms with Crippen LogP contribution in [0.2, 0.25) is 0 Å². The van der Waals surface area contributed by atoms with E-state index in [2.05, 4.69) is 30.0 Å². The summed E-state index contributed by atoms with van der Waals surface area (Å²) < 4.78 is 23.9. The van der Waals surface area contributed by atoms with Crippen LogP contribution in [0.1, 0.15) is 46.0 Å². The van der Waals surface area contributed by atoms with E-state index in [0.717, 1.165) is 54.6 Å². The average Bonchev–Trinajstić information content (AvgIpc) is 3.68. The summed E-state index contributed by atoms with van der Waals surface area (Å²) in [5, 5.41) is 7.74. The van der Waals surface area contributed by atoms with Gasteiger partial charge in [0, 0.05) is 69.0 Å². The van der Waals surface area contributed by atoms with Crippen LogP contribution in [-0.4, -0.2) is 122 Å². The van der Waals surface area contributed by atoms with Crippen LogP contribution in [0.4, 0.5) is 15.9 Å². The highest BCUT2D eigenvalue weighted by atomic mass is 19.1. The lowest BCUT2D eigenvalue weighted by Gasteiger charge is -2.55. The molecule has 4 saturated heterocycles. The van der Waals surface area contributed by atoms with Crippen molar-refractivity contribution in [1.29, 1.82) is 0 Å². The highest BCUT2D eigenvalue weighted by Crippen LogP contribution is 2.38. The average molecular weight is 771 g/mol. The highest BCUT2D eigenvalue weighted by Gasteiger charge is 2.47. The molecule has 0 saturated carbocycles. The standard InChI is InChI=1S/C41H39FN10O5/c42-31-21-48(15-14-32(31)52-38-35(37(43)44-22-45-38)36(47-52)23-6-9-28(10-7-23)57-27-4-2-1-3-5-27)25-17-50(18-25)26-19-49(20-26)24-8-11-29-30(16-24)41(56)51(40(29)55)33-12-13-34(53)46-39(33)54/h1-11,16,22,25-26,31-33H,12-15,17-21H2,(H2,43,44,45)(H,46,53,54)/t31-,32+,33?/m0/s1. The Balaban J connectivity index is 0.753. The number of carbonyl (C=O) groups excluding carboxylic acids is 4. The zero-order chi connectivity index (χ0) is 38.9. The number of nitrogens with zero attached hydrogens (tertiary/aromatic N) is 8. The number of carbonyl (C=O) groups is 4. The molecule has 0 aliphatic carbocycles. The van der Waals surface area contributed by atoms with Crippen molar-refractivity contribution in [1.82, 2.24) is 39.8 Å². The molecule has 3 atom stereocenters. The summed E-state index contributed by atoms with van der Waals surface area (Å²) >= 11 is 0. The molecule has 5 aliphatic heterocycles. The van der Waals surface area contributed by atoms with Crippen LogP contribution in [0.25, 0.3) is 22.3 Å². The number of ether oxygens (including phenoxy) is 1. The van der Waals surface area contributed by atoms with E-state index in [0.29, 0.717) is 47.3 Å². The first-order valence-electron chi connectivity index (χ1n) is 19.2. The van der Waals surface area contributed by atoms with Gasteiger partial charge in [0.25, 0.3) is 11.8 Å².